The highest BCUT2D eigenvalue weighted by Crippen LogP contribution is 2.23. The molecule has 152 valence electrons. The van der Waals surface area contributed by atoms with Crippen molar-refractivity contribution in [3.63, 3.8) is 0 Å². The second-order valence-corrected chi connectivity index (χ2v) is 7.59. The third-order valence-electron chi connectivity index (χ3n) is 5.77. The van der Waals surface area contributed by atoms with Crippen LogP contribution in [-0.4, -0.2) is 24.8 Å². The maximum absolute atomic E-state index is 13.0. The van der Waals surface area contributed by atoms with Crippen molar-refractivity contribution in [2.75, 3.05) is 30.4 Å². The fraction of sp³-hybridized carbons (Fsp3) is 0.375. The smallest absolute Gasteiger partial charge is 0.256 e. The SMILES string of the molecule is CCn1c(=O)c(CNc2ccc(N3CCCCC3)cc2)cc2ccc(OC)cc21. The molecule has 0 saturated carbocycles. The van der Waals surface area contributed by atoms with Crippen LogP contribution in [0.2, 0.25) is 0 Å². The molecule has 0 amide bonds. The van der Waals surface area contributed by atoms with Crippen molar-refractivity contribution >= 4 is 22.3 Å². The van der Waals surface area contributed by atoms with Crippen LogP contribution >= 0.6 is 0 Å². The Hall–Kier alpha value is -2.95. The minimum absolute atomic E-state index is 0.0469. The average Bonchev–Trinajstić information content (AvgIpc) is 2.78. The minimum Gasteiger partial charge on any atom is -0.497 e. The monoisotopic (exact) mass is 391 g/mol. The number of aromatic nitrogens is 1. The van der Waals surface area contributed by atoms with Crippen LogP contribution in [0.25, 0.3) is 10.9 Å². The van der Waals surface area contributed by atoms with E-state index in [1.165, 1.54) is 24.9 Å². The molecular weight excluding hydrogens is 362 g/mol. The van der Waals surface area contributed by atoms with Crippen LogP contribution in [-0.2, 0) is 13.1 Å². The summed E-state index contributed by atoms with van der Waals surface area (Å²) < 4.78 is 7.13. The Kier molecular flexibility index (Phi) is 5.74. The van der Waals surface area contributed by atoms with Gasteiger partial charge in [0.15, 0.2) is 0 Å². The standard InChI is InChI=1S/C24H29N3O2/c1-3-27-23-16-22(29-2)12-7-18(23)15-19(24(27)28)17-25-20-8-10-21(11-9-20)26-13-5-4-6-14-26/h7-12,15-16,25H,3-6,13-14,17H2,1-2H3. The largest absolute Gasteiger partial charge is 0.497 e. The zero-order valence-corrected chi connectivity index (χ0v) is 17.3. The van der Waals surface area contributed by atoms with Crippen LogP contribution < -0.4 is 20.5 Å². The Morgan fingerprint density at radius 1 is 1.00 bits per heavy atom. The van der Waals surface area contributed by atoms with E-state index in [1.807, 2.05) is 35.8 Å². The molecule has 1 aliphatic rings. The molecule has 4 rings (SSSR count). The van der Waals surface area contributed by atoms with Gasteiger partial charge >= 0.3 is 0 Å². The maximum atomic E-state index is 13.0. The lowest BCUT2D eigenvalue weighted by atomic mass is 10.1. The van der Waals surface area contributed by atoms with Gasteiger partial charge in [0.05, 0.1) is 12.6 Å². The number of pyridine rings is 1. The number of hydrogen-bond donors (Lipinski definition) is 1. The second kappa shape index (κ2) is 8.60. The highest BCUT2D eigenvalue weighted by Gasteiger charge is 2.12. The molecule has 5 nitrogen and oxygen atoms in total. The van der Waals surface area contributed by atoms with E-state index in [0.29, 0.717) is 13.1 Å². The summed E-state index contributed by atoms with van der Waals surface area (Å²) in [7, 11) is 1.64. The minimum atomic E-state index is 0.0469. The van der Waals surface area contributed by atoms with E-state index in [2.05, 4.69) is 34.5 Å². The van der Waals surface area contributed by atoms with Gasteiger partial charge in [-0.15, -0.1) is 0 Å². The molecule has 29 heavy (non-hydrogen) atoms. The topological polar surface area (TPSA) is 46.5 Å². The van der Waals surface area contributed by atoms with Gasteiger partial charge in [0.2, 0.25) is 0 Å². The number of fused-ring (bicyclic) bond motifs is 1. The molecule has 5 heteroatoms. The number of ether oxygens (including phenoxy) is 1. The Morgan fingerprint density at radius 3 is 2.45 bits per heavy atom. The van der Waals surface area contributed by atoms with Crippen LogP contribution in [0, 0.1) is 0 Å². The van der Waals surface area contributed by atoms with E-state index in [1.54, 1.807) is 7.11 Å². The fourth-order valence-electron chi connectivity index (χ4n) is 4.12. The van der Waals surface area contributed by atoms with Gasteiger partial charge in [-0.1, -0.05) is 0 Å². The molecule has 2 aromatic carbocycles. The molecular formula is C24H29N3O2. The van der Waals surface area contributed by atoms with Gasteiger partial charge in [0.1, 0.15) is 5.75 Å². The van der Waals surface area contributed by atoms with Crippen LogP contribution in [0.3, 0.4) is 0 Å². The predicted octanol–water partition coefficient (Wildman–Crippen LogP) is 4.63. The van der Waals surface area contributed by atoms with Crippen LogP contribution in [0.15, 0.2) is 53.3 Å². The zero-order chi connectivity index (χ0) is 20.2. The summed E-state index contributed by atoms with van der Waals surface area (Å²) >= 11 is 0. The quantitative estimate of drug-likeness (QED) is 0.665. The number of methoxy groups -OCH3 is 1. The lowest BCUT2D eigenvalue weighted by Gasteiger charge is -2.28. The van der Waals surface area contributed by atoms with Crippen LogP contribution in [0.1, 0.15) is 31.7 Å². The summed E-state index contributed by atoms with van der Waals surface area (Å²) in [6.45, 7) is 5.41. The van der Waals surface area contributed by atoms with Gasteiger partial charge in [0, 0.05) is 49.2 Å². The van der Waals surface area contributed by atoms with Gasteiger partial charge in [-0.25, -0.2) is 0 Å². The summed E-state index contributed by atoms with van der Waals surface area (Å²) in [5.41, 5.74) is 4.04. The Labute approximate surface area is 171 Å². The van der Waals surface area contributed by atoms with E-state index in [0.717, 1.165) is 41.0 Å². The van der Waals surface area contributed by atoms with Crippen molar-refractivity contribution < 1.29 is 4.74 Å². The third kappa shape index (κ3) is 4.09. The molecule has 3 aromatic rings. The van der Waals surface area contributed by atoms with E-state index in [-0.39, 0.29) is 5.56 Å². The summed E-state index contributed by atoms with van der Waals surface area (Å²) in [6.07, 6.45) is 3.89. The number of piperidine rings is 1. The summed E-state index contributed by atoms with van der Waals surface area (Å²) in [5, 5.41) is 4.46. The van der Waals surface area contributed by atoms with Gasteiger partial charge < -0.3 is 19.5 Å². The highest BCUT2D eigenvalue weighted by atomic mass is 16.5. The zero-order valence-electron chi connectivity index (χ0n) is 17.3. The highest BCUT2D eigenvalue weighted by molar-refractivity contribution is 5.81. The lowest BCUT2D eigenvalue weighted by molar-refractivity contribution is 0.415. The second-order valence-electron chi connectivity index (χ2n) is 7.59. The number of nitrogens with zero attached hydrogens (tertiary/aromatic N) is 2. The number of aryl methyl sites for hydroxylation is 1. The van der Waals surface area contributed by atoms with Crippen molar-refractivity contribution in [3.8, 4) is 5.75 Å². The molecule has 2 heterocycles. The molecule has 0 unspecified atom stereocenters. The maximum Gasteiger partial charge on any atom is 0.256 e. The summed E-state index contributed by atoms with van der Waals surface area (Å²) in [5.74, 6) is 0.763. The Bertz CT molecular complexity index is 1030. The molecule has 1 N–H and O–H groups in total. The molecule has 1 saturated heterocycles. The molecule has 1 aliphatic heterocycles. The normalized spacial score (nSPS) is 14.2. The summed E-state index contributed by atoms with van der Waals surface area (Å²) in [4.78, 5) is 15.4. The van der Waals surface area contributed by atoms with E-state index in [9.17, 15) is 4.79 Å². The van der Waals surface area contributed by atoms with Crippen molar-refractivity contribution in [3.05, 3.63) is 64.4 Å². The molecule has 0 aliphatic carbocycles. The summed E-state index contributed by atoms with van der Waals surface area (Å²) in [6, 6.07) is 16.4. The van der Waals surface area contributed by atoms with Gasteiger partial charge in [-0.05, 0) is 74.0 Å². The Morgan fingerprint density at radius 2 is 1.76 bits per heavy atom. The lowest BCUT2D eigenvalue weighted by Crippen LogP contribution is -2.29. The van der Waals surface area contributed by atoms with E-state index in [4.69, 9.17) is 4.74 Å². The third-order valence-corrected chi connectivity index (χ3v) is 5.77. The first-order valence-corrected chi connectivity index (χ1v) is 10.5. The van der Waals surface area contributed by atoms with Gasteiger partial charge in [0.25, 0.3) is 5.56 Å². The molecule has 0 radical (unpaired) electrons. The number of anilines is 2. The van der Waals surface area contributed by atoms with Crippen molar-refractivity contribution in [2.45, 2.75) is 39.3 Å². The van der Waals surface area contributed by atoms with Crippen molar-refractivity contribution in [2.24, 2.45) is 0 Å². The van der Waals surface area contributed by atoms with E-state index >= 15 is 0 Å². The van der Waals surface area contributed by atoms with Crippen molar-refractivity contribution in [1.29, 1.82) is 0 Å². The first-order valence-electron chi connectivity index (χ1n) is 10.5. The van der Waals surface area contributed by atoms with E-state index < -0.39 is 0 Å². The van der Waals surface area contributed by atoms with Crippen molar-refractivity contribution in [1.82, 2.24) is 4.57 Å². The van der Waals surface area contributed by atoms with Gasteiger partial charge in [-0.2, -0.15) is 0 Å². The first-order chi connectivity index (χ1) is 14.2. The average molecular weight is 392 g/mol. The number of hydrogen-bond acceptors (Lipinski definition) is 4. The van der Waals surface area contributed by atoms with Crippen LogP contribution in [0.5, 0.6) is 5.75 Å². The van der Waals surface area contributed by atoms with Crippen LogP contribution in [0.4, 0.5) is 11.4 Å². The number of rotatable bonds is 6. The number of benzene rings is 2. The predicted molar refractivity (Wildman–Crippen MR) is 120 cm³/mol. The molecule has 0 bridgehead atoms. The molecule has 0 atom stereocenters. The molecule has 0 spiro atoms. The first kappa shape index (κ1) is 19.4. The molecule has 1 fully saturated rings. The Balaban J connectivity index is 1.53. The van der Waals surface area contributed by atoms with Gasteiger partial charge in [-0.3, -0.25) is 4.79 Å². The molecule has 1 aromatic heterocycles. The fourth-order valence-corrected chi connectivity index (χ4v) is 4.12. The number of nitrogens with one attached hydrogen (secondary N) is 1.